The number of hydrogen-bond donors (Lipinski definition) is 0. The van der Waals surface area contributed by atoms with Gasteiger partial charge in [0.05, 0.1) is 6.61 Å². The van der Waals surface area contributed by atoms with Crippen LogP contribution in [0.5, 0.6) is 5.75 Å². The quantitative estimate of drug-likeness (QED) is 0.242. The normalized spacial score (nSPS) is 20.5. The van der Waals surface area contributed by atoms with Crippen LogP contribution in [0.2, 0.25) is 0 Å². The number of halogens is 3. The molecular weight excluding hydrogens is 485 g/mol. The second-order valence-corrected chi connectivity index (χ2v) is 11.4. The third kappa shape index (κ3) is 4.69. The molecule has 2 fully saturated rings. The maximum atomic E-state index is 15.7. The Hall–Kier alpha value is -2.95. The van der Waals surface area contributed by atoms with Gasteiger partial charge < -0.3 is 9.15 Å². The second kappa shape index (κ2) is 10.7. The van der Waals surface area contributed by atoms with Crippen LogP contribution < -0.4 is 4.74 Å². The van der Waals surface area contributed by atoms with Gasteiger partial charge in [0.1, 0.15) is 5.82 Å². The van der Waals surface area contributed by atoms with E-state index in [1.165, 1.54) is 31.7 Å². The number of fused-ring (bicyclic) bond motifs is 3. The molecule has 0 unspecified atom stereocenters. The van der Waals surface area contributed by atoms with Crippen molar-refractivity contribution in [1.82, 2.24) is 0 Å². The average molecular weight is 521 g/mol. The van der Waals surface area contributed by atoms with E-state index in [9.17, 15) is 0 Å². The number of rotatable bonds is 7. The lowest BCUT2D eigenvalue weighted by Gasteiger charge is -2.29. The van der Waals surface area contributed by atoms with Crippen LogP contribution in [0, 0.1) is 29.3 Å². The molecule has 2 saturated carbocycles. The molecule has 0 spiro atoms. The molecule has 1 aromatic heterocycles. The molecule has 2 nitrogen and oxygen atoms in total. The van der Waals surface area contributed by atoms with E-state index in [0.29, 0.717) is 28.9 Å². The van der Waals surface area contributed by atoms with Gasteiger partial charge in [-0.2, -0.15) is 4.39 Å². The summed E-state index contributed by atoms with van der Waals surface area (Å²) in [5, 5.41) is 0.986. The van der Waals surface area contributed by atoms with E-state index in [1.807, 2.05) is 6.07 Å². The Balaban J connectivity index is 1.27. The second-order valence-electron chi connectivity index (χ2n) is 11.4. The van der Waals surface area contributed by atoms with Crippen LogP contribution in [-0.4, -0.2) is 6.61 Å². The largest absolute Gasteiger partial charge is 0.490 e. The summed E-state index contributed by atoms with van der Waals surface area (Å²) in [6, 6.07) is 11.7. The van der Waals surface area contributed by atoms with Crippen LogP contribution in [0.25, 0.3) is 33.1 Å². The van der Waals surface area contributed by atoms with Gasteiger partial charge in [-0.1, -0.05) is 50.8 Å². The van der Waals surface area contributed by atoms with Gasteiger partial charge in [-0.05, 0) is 91.7 Å². The van der Waals surface area contributed by atoms with Crippen LogP contribution >= 0.6 is 0 Å². The smallest absolute Gasteiger partial charge is 0.208 e. The van der Waals surface area contributed by atoms with Crippen molar-refractivity contribution < 1.29 is 22.3 Å². The van der Waals surface area contributed by atoms with Crippen LogP contribution in [0.1, 0.15) is 82.6 Å². The van der Waals surface area contributed by atoms with Crippen molar-refractivity contribution in [2.24, 2.45) is 11.8 Å². The summed E-state index contributed by atoms with van der Waals surface area (Å²) < 4.78 is 57.8. The molecule has 0 amide bonds. The molecule has 38 heavy (non-hydrogen) atoms. The average Bonchev–Trinajstić information content (AvgIpc) is 3.58. The van der Waals surface area contributed by atoms with Gasteiger partial charge in [-0.3, -0.25) is 0 Å². The monoisotopic (exact) mass is 520 g/mol. The van der Waals surface area contributed by atoms with Gasteiger partial charge in [0, 0.05) is 16.3 Å². The Bertz CT molecular complexity index is 1440. The summed E-state index contributed by atoms with van der Waals surface area (Å²) in [4.78, 5) is 0. The van der Waals surface area contributed by atoms with E-state index < -0.39 is 11.6 Å². The van der Waals surface area contributed by atoms with E-state index >= 15 is 13.2 Å². The van der Waals surface area contributed by atoms with Gasteiger partial charge in [0.15, 0.2) is 22.7 Å². The molecule has 0 N–H and O–H groups in total. The van der Waals surface area contributed by atoms with Gasteiger partial charge in [0.25, 0.3) is 0 Å². The predicted octanol–water partition coefficient (Wildman–Crippen LogP) is 10.3. The molecule has 0 bridgehead atoms. The zero-order valence-electron chi connectivity index (χ0n) is 22.0. The van der Waals surface area contributed by atoms with E-state index in [-0.39, 0.29) is 34.2 Å². The standard InChI is InChI=1S/C33H35F3O2/c1-2-5-20-8-10-22(11-9-20)24-13-12-23(18-28(24)34)25-14-15-26-27-16-17-29(37-19-21-6-3-4-7-21)31(36)33(27)38-32(26)30(25)35/h12-18,20-22H,2-11,19H2,1H3. The van der Waals surface area contributed by atoms with Crippen LogP contribution in [-0.2, 0) is 0 Å². The Labute approximate surface area is 222 Å². The van der Waals surface area contributed by atoms with E-state index in [1.54, 1.807) is 30.3 Å². The Morgan fingerprint density at radius 2 is 1.50 bits per heavy atom. The lowest BCUT2D eigenvalue weighted by molar-refractivity contribution is 0.242. The summed E-state index contributed by atoms with van der Waals surface area (Å²) in [7, 11) is 0. The highest BCUT2D eigenvalue weighted by Crippen LogP contribution is 2.41. The molecule has 200 valence electrons. The summed E-state index contributed by atoms with van der Waals surface area (Å²) in [5.74, 6) is 0.0334. The third-order valence-corrected chi connectivity index (χ3v) is 8.90. The van der Waals surface area contributed by atoms with Crippen molar-refractivity contribution in [3.63, 3.8) is 0 Å². The lowest BCUT2D eigenvalue weighted by atomic mass is 9.77. The van der Waals surface area contributed by atoms with E-state index in [0.717, 1.165) is 50.0 Å². The van der Waals surface area contributed by atoms with E-state index in [2.05, 4.69) is 6.92 Å². The number of ether oxygens (including phenoxy) is 1. The molecule has 1 heterocycles. The molecule has 2 aliphatic rings. The molecule has 0 radical (unpaired) electrons. The highest BCUT2D eigenvalue weighted by molar-refractivity contribution is 6.06. The SMILES string of the molecule is CCCC1CCC(c2ccc(-c3ccc4c(oc5c(F)c(OCC6CCCC6)ccc54)c3F)cc2F)CC1. The Morgan fingerprint density at radius 3 is 2.21 bits per heavy atom. The minimum atomic E-state index is -0.612. The number of hydrogen-bond acceptors (Lipinski definition) is 2. The first-order valence-corrected chi connectivity index (χ1v) is 14.3. The highest BCUT2D eigenvalue weighted by Gasteiger charge is 2.25. The fourth-order valence-corrected chi connectivity index (χ4v) is 6.74. The minimum absolute atomic E-state index is 0.0137. The Kier molecular flexibility index (Phi) is 7.11. The van der Waals surface area contributed by atoms with Crippen molar-refractivity contribution in [2.45, 2.75) is 77.0 Å². The first kappa shape index (κ1) is 25.3. The summed E-state index contributed by atoms with van der Waals surface area (Å²) in [6.07, 6.45) is 11.3. The van der Waals surface area contributed by atoms with Crippen molar-refractivity contribution in [3.8, 4) is 16.9 Å². The zero-order valence-corrected chi connectivity index (χ0v) is 22.0. The zero-order chi connectivity index (χ0) is 26.2. The fraction of sp³-hybridized carbons (Fsp3) is 0.455. The maximum Gasteiger partial charge on any atom is 0.208 e. The van der Waals surface area contributed by atoms with Crippen LogP contribution in [0.4, 0.5) is 13.2 Å². The Morgan fingerprint density at radius 1 is 0.789 bits per heavy atom. The lowest BCUT2D eigenvalue weighted by Crippen LogP contribution is -2.14. The molecule has 3 aromatic carbocycles. The number of furan rings is 1. The minimum Gasteiger partial charge on any atom is -0.490 e. The first-order chi connectivity index (χ1) is 18.5. The summed E-state index contributed by atoms with van der Waals surface area (Å²) >= 11 is 0. The van der Waals surface area contributed by atoms with Gasteiger partial charge >= 0.3 is 0 Å². The van der Waals surface area contributed by atoms with Crippen molar-refractivity contribution in [3.05, 3.63) is 65.5 Å². The molecule has 4 aromatic rings. The molecule has 0 aliphatic heterocycles. The van der Waals surface area contributed by atoms with E-state index in [4.69, 9.17) is 9.15 Å². The van der Waals surface area contributed by atoms with Crippen molar-refractivity contribution in [2.75, 3.05) is 6.61 Å². The fourth-order valence-electron chi connectivity index (χ4n) is 6.74. The van der Waals surface area contributed by atoms with Crippen molar-refractivity contribution >= 4 is 21.9 Å². The maximum absolute atomic E-state index is 15.7. The van der Waals surface area contributed by atoms with Crippen LogP contribution in [0.3, 0.4) is 0 Å². The predicted molar refractivity (Wildman–Crippen MR) is 146 cm³/mol. The summed E-state index contributed by atoms with van der Waals surface area (Å²) in [5.41, 5.74) is 1.38. The van der Waals surface area contributed by atoms with Gasteiger partial charge in [-0.15, -0.1) is 0 Å². The highest BCUT2D eigenvalue weighted by atomic mass is 19.1. The third-order valence-electron chi connectivity index (χ3n) is 8.90. The topological polar surface area (TPSA) is 22.4 Å². The summed E-state index contributed by atoms with van der Waals surface area (Å²) in [6.45, 7) is 2.69. The number of benzene rings is 3. The molecule has 0 saturated heterocycles. The molecule has 0 atom stereocenters. The molecule has 6 rings (SSSR count). The van der Waals surface area contributed by atoms with Crippen molar-refractivity contribution in [1.29, 1.82) is 0 Å². The van der Waals surface area contributed by atoms with Gasteiger partial charge in [0.2, 0.25) is 5.82 Å². The molecule has 5 heteroatoms. The first-order valence-electron chi connectivity index (χ1n) is 14.3. The van der Waals surface area contributed by atoms with Crippen LogP contribution in [0.15, 0.2) is 46.9 Å². The molecular formula is C33H35F3O2. The molecule has 2 aliphatic carbocycles. The van der Waals surface area contributed by atoms with Gasteiger partial charge in [-0.25, -0.2) is 8.78 Å².